The standard InChI is InChI=1S/C26H39N5O6/c1-7-27-25(33)31-13-12-29(15-17(31)4)16-20-22(24(32)37-9-3)23(28-26(34)30(20)8-2)19-11-10-18(35-5)14-21(19)36-6/h10-11,14,17,23H,7-9,12-13,15-16H2,1-6H3,(H,27,33)(H,28,34). The first-order chi connectivity index (χ1) is 17.8. The normalized spacial score (nSPS) is 20.4. The summed E-state index contributed by atoms with van der Waals surface area (Å²) in [5.74, 6) is 0.589. The van der Waals surface area contributed by atoms with Gasteiger partial charge in [0.05, 0.1) is 32.4 Å². The van der Waals surface area contributed by atoms with Crippen molar-refractivity contribution in [1.82, 2.24) is 25.3 Å². The number of benzene rings is 1. The van der Waals surface area contributed by atoms with Gasteiger partial charge in [0.2, 0.25) is 0 Å². The van der Waals surface area contributed by atoms with E-state index in [1.165, 1.54) is 7.11 Å². The lowest BCUT2D eigenvalue weighted by Gasteiger charge is -2.42. The molecular weight excluding hydrogens is 478 g/mol. The van der Waals surface area contributed by atoms with Crippen molar-refractivity contribution in [3.8, 4) is 11.5 Å². The van der Waals surface area contributed by atoms with E-state index in [0.717, 1.165) is 0 Å². The summed E-state index contributed by atoms with van der Waals surface area (Å²) in [5, 5.41) is 5.83. The summed E-state index contributed by atoms with van der Waals surface area (Å²) in [6, 6.07) is 4.09. The summed E-state index contributed by atoms with van der Waals surface area (Å²) in [6.07, 6.45) is 0. The van der Waals surface area contributed by atoms with Gasteiger partial charge in [-0.05, 0) is 39.8 Å². The average Bonchev–Trinajstić information content (AvgIpc) is 2.88. The van der Waals surface area contributed by atoms with E-state index in [0.29, 0.717) is 67.6 Å². The van der Waals surface area contributed by atoms with Crippen LogP contribution in [0.15, 0.2) is 29.5 Å². The topological polar surface area (TPSA) is 113 Å². The Bertz CT molecular complexity index is 1030. The number of nitrogens with zero attached hydrogens (tertiary/aromatic N) is 3. The Morgan fingerprint density at radius 1 is 1.14 bits per heavy atom. The molecule has 2 aliphatic heterocycles. The number of piperazine rings is 1. The molecule has 0 radical (unpaired) electrons. The van der Waals surface area contributed by atoms with Crippen molar-refractivity contribution in [2.24, 2.45) is 0 Å². The number of methoxy groups -OCH3 is 2. The second kappa shape index (κ2) is 12.7. The van der Waals surface area contributed by atoms with Crippen LogP contribution in [0.2, 0.25) is 0 Å². The average molecular weight is 518 g/mol. The Morgan fingerprint density at radius 3 is 2.49 bits per heavy atom. The van der Waals surface area contributed by atoms with Crippen LogP contribution in [0.3, 0.4) is 0 Å². The number of carbonyl (C=O) groups is 3. The van der Waals surface area contributed by atoms with Crippen LogP contribution in [0.1, 0.15) is 39.3 Å². The molecule has 2 N–H and O–H groups in total. The first-order valence-electron chi connectivity index (χ1n) is 12.8. The second-order valence-corrected chi connectivity index (χ2v) is 8.93. The van der Waals surface area contributed by atoms with Crippen molar-refractivity contribution in [2.45, 2.75) is 39.8 Å². The number of likely N-dealkylation sites (N-methyl/N-ethyl adjacent to an activating group) is 1. The quantitative estimate of drug-likeness (QED) is 0.484. The molecule has 2 atom stereocenters. The summed E-state index contributed by atoms with van der Waals surface area (Å²) in [6.45, 7) is 10.8. The number of nitrogens with one attached hydrogen (secondary N) is 2. The summed E-state index contributed by atoms with van der Waals surface area (Å²) in [7, 11) is 3.09. The Balaban J connectivity index is 2.03. The monoisotopic (exact) mass is 517 g/mol. The van der Waals surface area contributed by atoms with Gasteiger partial charge < -0.3 is 29.7 Å². The van der Waals surface area contributed by atoms with Gasteiger partial charge in [-0.1, -0.05) is 0 Å². The number of esters is 1. The minimum atomic E-state index is -0.765. The number of ether oxygens (including phenoxy) is 3. The molecule has 2 aliphatic rings. The van der Waals surface area contributed by atoms with Gasteiger partial charge in [0.25, 0.3) is 0 Å². The third-order valence-electron chi connectivity index (χ3n) is 6.68. The highest BCUT2D eigenvalue weighted by atomic mass is 16.5. The minimum absolute atomic E-state index is 0.0306. The van der Waals surface area contributed by atoms with Crippen molar-refractivity contribution in [1.29, 1.82) is 0 Å². The van der Waals surface area contributed by atoms with Crippen LogP contribution in [0.5, 0.6) is 11.5 Å². The largest absolute Gasteiger partial charge is 0.497 e. The molecule has 204 valence electrons. The Labute approximate surface area is 218 Å². The molecule has 0 spiro atoms. The first-order valence-corrected chi connectivity index (χ1v) is 12.8. The van der Waals surface area contributed by atoms with Crippen LogP contribution in [0.25, 0.3) is 0 Å². The van der Waals surface area contributed by atoms with Crippen molar-refractivity contribution in [3.63, 3.8) is 0 Å². The number of rotatable bonds is 9. The molecule has 37 heavy (non-hydrogen) atoms. The van der Waals surface area contributed by atoms with Crippen molar-refractivity contribution >= 4 is 18.0 Å². The molecule has 11 nitrogen and oxygen atoms in total. The van der Waals surface area contributed by atoms with E-state index in [2.05, 4.69) is 15.5 Å². The van der Waals surface area contributed by atoms with Crippen LogP contribution < -0.4 is 20.1 Å². The summed E-state index contributed by atoms with van der Waals surface area (Å²) in [4.78, 5) is 44.6. The maximum absolute atomic E-state index is 13.4. The van der Waals surface area contributed by atoms with E-state index in [4.69, 9.17) is 14.2 Å². The highest BCUT2D eigenvalue weighted by Gasteiger charge is 2.40. The molecule has 4 amide bonds. The minimum Gasteiger partial charge on any atom is -0.497 e. The smallest absolute Gasteiger partial charge is 0.338 e. The molecule has 0 aliphatic carbocycles. The number of hydrogen-bond acceptors (Lipinski definition) is 7. The lowest BCUT2D eigenvalue weighted by molar-refractivity contribution is -0.139. The first kappa shape index (κ1) is 28.1. The van der Waals surface area contributed by atoms with E-state index >= 15 is 0 Å². The van der Waals surface area contributed by atoms with Crippen molar-refractivity contribution in [2.75, 3.05) is 60.1 Å². The predicted molar refractivity (Wildman–Crippen MR) is 139 cm³/mol. The maximum atomic E-state index is 13.4. The molecule has 0 saturated carbocycles. The zero-order valence-corrected chi connectivity index (χ0v) is 22.6. The highest BCUT2D eigenvalue weighted by molar-refractivity contribution is 5.95. The molecule has 1 fully saturated rings. The second-order valence-electron chi connectivity index (χ2n) is 8.93. The van der Waals surface area contributed by atoms with Gasteiger partial charge in [-0.25, -0.2) is 14.4 Å². The zero-order chi connectivity index (χ0) is 27.1. The van der Waals surface area contributed by atoms with Gasteiger partial charge in [0.15, 0.2) is 0 Å². The van der Waals surface area contributed by atoms with Gasteiger partial charge in [0, 0.05) is 62.6 Å². The zero-order valence-electron chi connectivity index (χ0n) is 22.6. The Hall–Kier alpha value is -3.47. The van der Waals surface area contributed by atoms with E-state index in [-0.39, 0.29) is 24.7 Å². The third-order valence-corrected chi connectivity index (χ3v) is 6.68. The lowest BCUT2D eigenvalue weighted by Crippen LogP contribution is -2.58. The molecular formula is C26H39N5O6. The lowest BCUT2D eigenvalue weighted by atomic mass is 9.93. The van der Waals surface area contributed by atoms with Gasteiger partial charge in [-0.3, -0.25) is 9.80 Å². The van der Waals surface area contributed by atoms with Crippen LogP contribution in [0.4, 0.5) is 9.59 Å². The van der Waals surface area contributed by atoms with Gasteiger partial charge in [0.1, 0.15) is 11.5 Å². The fourth-order valence-electron chi connectivity index (χ4n) is 4.89. The van der Waals surface area contributed by atoms with Gasteiger partial charge >= 0.3 is 18.0 Å². The van der Waals surface area contributed by atoms with Crippen molar-refractivity contribution < 1.29 is 28.6 Å². The van der Waals surface area contributed by atoms with Crippen LogP contribution in [0, 0.1) is 0 Å². The number of carbonyl (C=O) groups excluding carboxylic acids is 3. The van der Waals surface area contributed by atoms with Crippen molar-refractivity contribution in [3.05, 3.63) is 35.0 Å². The maximum Gasteiger partial charge on any atom is 0.338 e. The summed E-state index contributed by atoms with van der Waals surface area (Å²) >= 11 is 0. The predicted octanol–water partition coefficient (Wildman–Crippen LogP) is 2.34. The van der Waals surface area contributed by atoms with Gasteiger partial charge in [-0.15, -0.1) is 0 Å². The Kier molecular flexibility index (Phi) is 9.62. The van der Waals surface area contributed by atoms with Gasteiger partial charge in [-0.2, -0.15) is 0 Å². The fourth-order valence-corrected chi connectivity index (χ4v) is 4.89. The molecule has 0 aromatic heterocycles. The van der Waals surface area contributed by atoms with E-state index in [1.807, 2.05) is 25.7 Å². The molecule has 11 heteroatoms. The van der Waals surface area contributed by atoms with E-state index in [1.54, 1.807) is 37.1 Å². The molecule has 0 bridgehead atoms. The highest BCUT2D eigenvalue weighted by Crippen LogP contribution is 2.38. The Morgan fingerprint density at radius 2 is 1.89 bits per heavy atom. The number of amides is 4. The SMILES string of the molecule is CCNC(=O)N1CCN(CC2=C(C(=O)OCC)C(c3ccc(OC)cc3OC)NC(=O)N2CC)CC1C. The van der Waals surface area contributed by atoms with Crippen LogP contribution >= 0.6 is 0 Å². The molecule has 1 aromatic rings. The third kappa shape index (κ3) is 6.10. The number of hydrogen-bond donors (Lipinski definition) is 2. The number of urea groups is 2. The molecule has 1 saturated heterocycles. The summed E-state index contributed by atoms with van der Waals surface area (Å²) < 4.78 is 16.4. The molecule has 1 aromatic carbocycles. The molecule has 2 unspecified atom stereocenters. The van der Waals surface area contributed by atoms with E-state index < -0.39 is 12.0 Å². The molecule has 2 heterocycles. The van der Waals surface area contributed by atoms with Crippen LogP contribution in [-0.2, 0) is 9.53 Å². The van der Waals surface area contributed by atoms with E-state index in [9.17, 15) is 14.4 Å². The molecule has 3 rings (SSSR count). The summed E-state index contributed by atoms with van der Waals surface area (Å²) in [5.41, 5.74) is 1.58. The van der Waals surface area contributed by atoms with Crippen LogP contribution in [-0.4, -0.2) is 98.9 Å². The fraction of sp³-hybridized carbons (Fsp3) is 0.577.